The SMILES string of the molecule is Cc1cc(Cl)cc(NC(=O)Nc2cccc(C3=CNC(=NC(C)C)C3)c2)c1. The van der Waals surface area contributed by atoms with E-state index >= 15 is 0 Å². The largest absolute Gasteiger partial charge is 0.350 e. The van der Waals surface area contributed by atoms with Gasteiger partial charge in [0.25, 0.3) is 0 Å². The number of hydrogen-bond acceptors (Lipinski definition) is 2. The van der Waals surface area contributed by atoms with Gasteiger partial charge in [0, 0.05) is 35.1 Å². The van der Waals surface area contributed by atoms with E-state index < -0.39 is 0 Å². The van der Waals surface area contributed by atoms with Gasteiger partial charge in [0.1, 0.15) is 5.84 Å². The molecule has 2 aromatic carbocycles. The quantitative estimate of drug-likeness (QED) is 0.659. The summed E-state index contributed by atoms with van der Waals surface area (Å²) < 4.78 is 0. The number of anilines is 2. The van der Waals surface area contributed by atoms with Gasteiger partial charge in [0.15, 0.2) is 0 Å². The van der Waals surface area contributed by atoms with Crippen molar-refractivity contribution in [1.82, 2.24) is 5.32 Å². The molecule has 140 valence electrons. The fourth-order valence-electron chi connectivity index (χ4n) is 2.93. The summed E-state index contributed by atoms with van der Waals surface area (Å²) in [6.45, 7) is 6.03. The summed E-state index contributed by atoms with van der Waals surface area (Å²) in [5.41, 5.74) is 4.56. The number of hydrogen-bond donors (Lipinski definition) is 3. The number of amidine groups is 1. The third-order valence-electron chi connectivity index (χ3n) is 3.98. The molecule has 3 N–H and O–H groups in total. The first kappa shape index (κ1) is 19.0. The van der Waals surface area contributed by atoms with Gasteiger partial charge in [0.2, 0.25) is 0 Å². The Bertz CT molecular complexity index is 898. The van der Waals surface area contributed by atoms with E-state index in [1.807, 2.05) is 49.5 Å². The fourth-order valence-corrected chi connectivity index (χ4v) is 3.22. The monoisotopic (exact) mass is 382 g/mol. The Balaban J connectivity index is 1.66. The number of nitrogens with zero attached hydrogens (tertiary/aromatic N) is 1. The third-order valence-corrected chi connectivity index (χ3v) is 4.19. The summed E-state index contributed by atoms with van der Waals surface area (Å²) >= 11 is 6.04. The maximum absolute atomic E-state index is 12.3. The van der Waals surface area contributed by atoms with Crippen LogP contribution in [0.15, 0.2) is 53.7 Å². The highest BCUT2D eigenvalue weighted by atomic mass is 35.5. The van der Waals surface area contributed by atoms with Gasteiger partial charge in [-0.25, -0.2) is 4.79 Å². The van der Waals surface area contributed by atoms with Crippen molar-refractivity contribution in [2.24, 2.45) is 4.99 Å². The van der Waals surface area contributed by atoms with Crippen LogP contribution in [0.5, 0.6) is 0 Å². The van der Waals surface area contributed by atoms with Crippen molar-refractivity contribution in [2.45, 2.75) is 33.2 Å². The molecule has 0 bridgehead atoms. The lowest BCUT2D eigenvalue weighted by Crippen LogP contribution is -2.19. The van der Waals surface area contributed by atoms with E-state index in [-0.39, 0.29) is 12.1 Å². The van der Waals surface area contributed by atoms with Gasteiger partial charge in [-0.2, -0.15) is 0 Å². The predicted octanol–water partition coefficient (Wildman–Crippen LogP) is 5.43. The van der Waals surface area contributed by atoms with E-state index in [1.165, 1.54) is 0 Å². The Morgan fingerprint density at radius 2 is 1.93 bits per heavy atom. The van der Waals surface area contributed by atoms with Crippen LogP contribution in [0.3, 0.4) is 0 Å². The van der Waals surface area contributed by atoms with Crippen molar-refractivity contribution >= 4 is 40.4 Å². The summed E-state index contributed by atoms with van der Waals surface area (Å²) in [5.74, 6) is 0.965. The highest BCUT2D eigenvalue weighted by molar-refractivity contribution is 6.31. The molecule has 1 heterocycles. The second kappa shape index (κ2) is 8.27. The third kappa shape index (κ3) is 5.34. The van der Waals surface area contributed by atoms with E-state index in [0.717, 1.165) is 34.6 Å². The molecule has 2 amide bonds. The summed E-state index contributed by atoms with van der Waals surface area (Å²) in [6.07, 6.45) is 2.73. The van der Waals surface area contributed by atoms with Crippen LogP contribution in [-0.4, -0.2) is 17.9 Å². The van der Waals surface area contributed by atoms with Crippen LogP contribution in [0.2, 0.25) is 5.02 Å². The summed E-state index contributed by atoms with van der Waals surface area (Å²) in [5, 5.41) is 9.48. The van der Waals surface area contributed by atoms with Crippen molar-refractivity contribution in [3.8, 4) is 0 Å². The molecular formula is C21H23ClN4O. The fraction of sp³-hybridized carbons (Fsp3) is 0.238. The van der Waals surface area contributed by atoms with Crippen LogP contribution in [-0.2, 0) is 0 Å². The highest BCUT2D eigenvalue weighted by Crippen LogP contribution is 2.25. The zero-order chi connectivity index (χ0) is 19.4. The number of amides is 2. The van der Waals surface area contributed by atoms with E-state index in [0.29, 0.717) is 10.7 Å². The lowest BCUT2D eigenvalue weighted by Gasteiger charge is -2.10. The van der Waals surface area contributed by atoms with Gasteiger partial charge in [0.05, 0.1) is 0 Å². The number of benzene rings is 2. The lowest BCUT2D eigenvalue weighted by atomic mass is 10.0. The Morgan fingerprint density at radius 3 is 2.67 bits per heavy atom. The number of nitrogens with one attached hydrogen (secondary N) is 3. The number of aryl methyl sites for hydroxylation is 1. The first-order valence-electron chi connectivity index (χ1n) is 8.87. The molecule has 0 aliphatic carbocycles. The van der Waals surface area contributed by atoms with Crippen molar-refractivity contribution < 1.29 is 4.79 Å². The summed E-state index contributed by atoms with van der Waals surface area (Å²) in [7, 11) is 0. The molecule has 0 saturated carbocycles. The molecule has 6 heteroatoms. The molecule has 0 saturated heterocycles. The van der Waals surface area contributed by atoms with Gasteiger partial charge in [-0.15, -0.1) is 0 Å². The zero-order valence-corrected chi connectivity index (χ0v) is 16.4. The molecule has 27 heavy (non-hydrogen) atoms. The average Bonchev–Trinajstić information content (AvgIpc) is 3.01. The molecule has 0 unspecified atom stereocenters. The summed E-state index contributed by atoms with van der Waals surface area (Å²) in [6, 6.07) is 13.1. The van der Waals surface area contributed by atoms with Crippen LogP contribution in [0, 0.1) is 6.92 Å². The Hall–Kier alpha value is -2.79. The number of carbonyl (C=O) groups is 1. The number of carbonyl (C=O) groups excluding carboxylic acids is 1. The molecular weight excluding hydrogens is 360 g/mol. The minimum atomic E-state index is -0.311. The normalized spacial score (nSPS) is 14.9. The zero-order valence-electron chi connectivity index (χ0n) is 15.6. The van der Waals surface area contributed by atoms with Gasteiger partial charge >= 0.3 is 6.03 Å². The number of rotatable bonds is 4. The lowest BCUT2D eigenvalue weighted by molar-refractivity contribution is 0.262. The Morgan fingerprint density at radius 1 is 1.15 bits per heavy atom. The van der Waals surface area contributed by atoms with E-state index in [2.05, 4.69) is 34.8 Å². The van der Waals surface area contributed by atoms with Crippen molar-refractivity contribution in [3.05, 3.63) is 64.8 Å². The van der Waals surface area contributed by atoms with Gasteiger partial charge < -0.3 is 16.0 Å². The molecule has 5 nitrogen and oxygen atoms in total. The molecule has 0 aromatic heterocycles. The number of urea groups is 1. The van der Waals surface area contributed by atoms with Gasteiger partial charge in [-0.1, -0.05) is 23.7 Å². The highest BCUT2D eigenvalue weighted by Gasteiger charge is 2.14. The smallest absolute Gasteiger partial charge is 0.323 e. The van der Waals surface area contributed by atoms with Gasteiger partial charge in [-0.3, -0.25) is 4.99 Å². The first-order valence-corrected chi connectivity index (χ1v) is 9.25. The second-order valence-corrected chi connectivity index (χ2v) is 7.27. The predicted molar refractivity (Wildman–Crippen MR) is 114 cm³/mol. The standard InChI is InChI=1S/C21H23ClN4O/c1-13(2)24-20-10-16(12-23-20)15-5-4-6-18(9-15)25-21(27)26-19-8-14(3)7-17(22)11-19/h4-9,11-13H,10H2,1-3H3,(H,23,24)(H2,25,26,27). The maximum atomic E-state index is 12.3. The minimum absolute atomic E-state index is 0.257. The number of halogens is 1. The van der Waals surface area contributed by atoms with E-state index in [9.17, 15) is 4.79 Å². The molecule has 0 spiro atoms. The maximum Gasteiger partial charge on any atom is 0.323 e. The van der Waals surface area contributed by atoms with Crippen LogP contribution < -0.4 is 16.0 Å². The Labute approximate surface area is 164 Å². The Kier molecular flexibility index (Phi) is 5.81. The molecule has 1 aliphatic rings. The van der Waals surface area contributed by atoms with E-state index in [1.54, 1.807) is 6.07 Å². The summed E-state index contributed by atoms with van der Waals surface area (Å²) in [4.78, 5) is 16.8. The molecule has 0 fully saturated rings. The first-order chi connectivity index (χ1) is 12.9. The second-order valence-electron chi connectivity index (χ2n) is 6.84. The van der Waals surface area contributed by atoms with Gasteiger partial charge in [-0.05, 0) is 67.8 Å². The van der Waals surface area contributed by atoms with Crippen LogP contribution >= 0.6 is 11.6 Å². The average molecular weight is 383 g/mol. The minimum Gasteiger partial charge on any atom is -0.350 e. The molecule has 2 aromatic rings. The topological polar surface area (TPSA) is 65.5 Å². The van der Waals surface area contributed by atoms with Crippen LogP contribution in [0.1, 0.15) is 31.4 Å². The number of aliphatic imine (C=N–C) groups is 1. The van der Waals surface area contributed by atoms with Crippen LogP contribution in [0.25, 0.3) is 5.57 Å². The van der Waals surface area contributed by atoms with Crippen molar-refractivity contribution in [2.75, 3.05) is 10.6 Å². The van der Waals surface area contributed by atoms with Crippen molar-refractivity contribution in [1.29, 1.82) is 0 Å². The van der Waals surface area contributed by atoms with E-state index in [4.69, 9.17) is 11.6 Å². The molecule has 1 aliphatic heterocycles. The molecule has 0 atom stereocenters. The van der Waals surface area contributed by atoms with Crippen LogP contribution in [0.4, 0.5) is 16.2 Å². The van der Waals surface area contributed by atoms with Crippen molar-refractivity contribution in [3.63, 3.8) is 0 Å². The molecule has 3 rings (SSSR count). The molecule has 0 radical (unpaired) electrons.